The van der Waals surface area contributed by atoms with E-state index in [9.17, 15) is 8.42 Å². The summed E-state index contributed by atoms with van der Waals surface area (Å²) in [6.07, 6.45) is 2.41. The summed E-state index contributed by atoms with van der Waals surface area (Å²) in [5.74, 6) is 0. The highest BCUT2D eigenvalue weighted by Crippen LogP contribution is 2.23. The Morgan fingerprint density at radius 2 is 1.91 bits per heavy atom. The van der Waals surface area contributed by atoms with Crippen molar-refractivity contribution in [2.24, 2.45) is 0 Å². The first-order chi connectivity index (χ1) is 10.4. The van der Waals surface area contributed by atoms with Crippen molar-refractivity contribution in [3.63, 3.8) is 0 Å². The molecule has 112 valence electrons. The molecule has 1 aromatic carbocycles. The zero-order valence-electron chi connectivity index (χ0n) is 11.0. The van der Waals surface area contributed by atoms with E-state index in [4.69, 9.17) is 28.5 Å². The van der Waals surface area contributed by atoms with Gasteiger partial charge in [-0.15, -0.1) is 0 Å². The Bertz CT molecular complexity index is 839. The van der Waals surface area contributed by atoms with E-state index < -0.39 is 14.7 Å². The Kier molecular flexibility index (Phi) is 5.03. The van der Waals surface area contributed by atoms with Crippen LogP contribution in [0.25, 0.3) is 0 Å². The third kappa shape index (κ3) is 3.77. The molecule has 8 heteroatoms. The first kappa shape index (κ1) is 16.3. The van der Waals surface area contributed by atoms with Crippen LogP contribution in [-0.4, -0.2) is 13.4 Å². The van der Waals surface area contributed by atoms with Crippen LogP contribution in [0.4, 0.5) is 5.69 Å². The van der Waals surface area contributed by atoms with E-state index in [-0.39, 0.29) is 5.03 Å². The van der Waals surface area contributed by atoms with Gasteiger partial charge in [-0.05, 0) is 30.3 Å². The third-order valence-electron chi connectivity index (χ3n) is 2.55. The summed E-state index contributed by atoms with van der Waals surface area (Å²) >= 11 is 11.7. The van der Waals surface area contributed by atoms with Crippen molar-refractivity contribution in [3.8, 4) is 6.07 Å². The molecule has 0 fully saturated rings. The SMILES string of the molecule is N#CC(=CNc1cc(Cl)cc(Cl)c1)S(=O)(=O)c1ccccn1. The number of nitriles is 1. The smallest absolute Gasteiger partial charge is 0.235 e. The number of nitrogens with zero attached hydrogens (tertiary/aromatic N) is 2. The van der Waals surface area contributed by atoms with Crippen LogP contribution < -0.4 is 5.32 Å². The van der Waals surface area contributed by atoms with Crippen LogP contribution in [-0.2, 0) is 9.84 Å². The monoisotopic (exact) mass is 353 g/mol. The fourth-order valence-corrected chi connectivity index (χ4v) is 3.12. The Morgan fingerprint density at radius 1 is 1.23 bits per heavy atom. The van der Waals surface area contributed by atoms with Gasteiger partial charge >= 0.3 is 0 Å². The van der Waals surface area contributed by atoms with E-state index in [0.29, 0.717) is 15.7 Å². The topological polar surface area (TPSA) is 82.9 Å². The molecule has 22 heavy (non-hydrogen) atoms. The molecule has 0 aliphatic heterocycles. The number of hydrogen-bond acceptors (Lipinski definition) is 5. The Hall–Kier alpha value is -2.07. The lowest BCUT2D eigenvalue weighted by Crippen LogP contribution is -2.07. The number of pyridine rings is 1. The van der Waals surface area contributed by atoms with Gasteiger partial charge in [-0.3, -0.25) is 0 Å². The molecule has 0 radical (unpaired) electrons. The zero-order chi connectivity index (χ0) is 16.2. The van der Waals surface area contributed by atoms with Gasteiger partial charge in [0.2, 0.25) is 9.84 Å². The molecular formula is C14H9Cl2N3O2S. The second kappa shape index (κ2) is 6.79. The van der Waals surface area contributed by atoms with Crippen molar-refractivity contribution >= 4 is 38.7 Å². The number of rotatable bonds is 4. The number of nitrogens with one attached hydrogen (secondary N) is 1. The van der Waals surface area contributed by atoms with Gasteiger partial charge in [-0.25, -0.2) is 13.4 Å². The van der Waals surface area contributed by atoms with Crippen molar-refractivity contribution in [2.75, 3.05) is 5.32 Å². The standard InChI is InChI=1S/C14H9Cl2N3O2S/c15-10-5-11(16)7-12(6-10)19-9-13(8-17)22(20,21)14-3-1-2-4-18-14/h1-7,9,19H. The highest BCUT2D eigenvalue weighted by Gasteiger charge is 2.21. The highest BCUT2D eigenvalue weighted by atomic mass is 35.5. The average Bonchev–Trinajstić information content (AvgIpc) is 2.47. The summed E-state index contributed by atoms with van der Waals surface area (Å²) in [7, 11) is -3.98. The summed E-state index contributed by atoms with van der Waals surface area (Å²) in [5.41, 5.74) is 0.460. The molecule has 0 unspecified atom stereocenters. The van der Waals surface area contributed by atoms with Gasteiger partial charge in [-0.1, -0.05) is 29.3 Å². The maximum absolute atomic E-state index is 12.3. The minimum atomic E-state index is -3.98. The van der Waals surface area contributed by atoms with Gasteiger partial charge in [-0.2, -0.15) is 5.26 Å². The first-order valence-electron chi connectivity index (χ1n) is 5.92. The molecule has 0 amide bonds. The zero-order valence-corrected chi connectivity index (χ0v) is 13.3. The van der Waals surface area contributed by atoms with Crippen molar-refractivity contribution < 1.29 is 8.42 Å². The second-order valence-electron chi connectivity index (χ2n) is 4.09. The van der Waals surface area contributed by atoms with E-state index in [2.05, 4.69) is 10.3 Å². The van der Waals surface area contributed by atoms with E-state index in [1.54, 1.807) is 24.3 Å². The molecule has 1 heterocycles. The molecule has 0 aliphatic rings. The summed E-state index contributed by atoms with van der Waals surface area (Å²) < 4.78 is 24.5. The molecule has 0 bridgehead atoms. The summed E-state index contributed by atoms with van der Waals surface area (Å²) in [4.78, 5) is 3.28. The number of hydrogen-bond donors (Lipinski definition) is 1. The lowest BCUT2D eigenvalue weighted by molar-refractivity contribution is 0.599. The molecule has 0 saturated heterocycles. The van der Waals surface area contributed by atoms with Crippen LogP contribution in [0.2, 0.25) is 10.0 Å². The predicted molar refractivity (Wildman–Crippen MR) is 85.2 cm³/mol. The summed E-state index contributed by atoms with van der Waals surface area (Å²) in [6.45, 7) is 0. The Morgan fingerprint density at radius 3 is 2.45 bits per heavy atom. The lowest BCUT2D eigenvalue weighted by Gasteiger charge is -2.05. The van der Waals surface area contributed by atoms with E-state index in [1.807, 2.05) is 0 Å². The molecule has 1 aromatic heterocycles. The summed E-state index contributed by atoms with van der Waals surface area (Å²) in [5, 5.41) is 12.4. The number of anilines is 1. The van der Waals surface area contributed by atoms with Gasteiger partial charge in [0.05, 0.1) is 0 Å². The maximum Gasteiger partial charge on any atom is 0.235 e. The largest absolute Gasteiger partial charge is 0.360 e. The van der Waals surface area contributed by atoms with Crippen LogP contribution >= 0.6 is 23.2 Å². The first-order valence-corrected chi connectivity index (χ1v) is 8.16. The van der Waals surface area contributed by atoms with Gasteiger partial charge in [0, 0.05) is 28.1 Å². The number of benzene rings is 1. The molecule has 0 spiro atoms. The molecule has 2 rings (SSSR count). The van der Waals surface area contributed by atoms with Crippen molar-refractivity contribution in [3.05, 3.63) is 63.7 Å². The molecule has 2 aromatic rings. The third-order valence-corrected chi connectivity index (χ3v) is 4.56. The number of sulfone groups is 1. The van der Waals surface area contributed by atoms with Gasteiger partial charge < -0.3 is 5.32 Å². The van der Waals surface area contributed by atoms with Gasteiger partial charge in [0.1, 0.15) is 6.07 Å². The normalized spacial score (nSPS) is 11.8. The van der Waals surface area contributed by atoms with Crippen molar-refractivity contribution in [1.29, 1.82) is 5.26 Å². The lowest BCUT2D eigenvalue weighted by atomic mass is 10.3. The minimum Gasteiger partial charge on any atom is -0.360 e. The number of allylic oxidation sites excluding steroid dienone is 1. The number of halogens is 2. The van der Waals surface area contributed by atoms with Crippen LogP contribution in [0.3, 0.4) is 0 Å². The van der Waals surface area contributed by atoms with Crippen LogP contribution in [0, 0.1) is 11.3 Å². The maximum atomic E-state index is 12.3. The van der Waals surface area contributed by atoms with Crippen LogP contribution in [0.1, 0.15) is 0 Å². The Balaban J connectivity index is 2.34. The Labute approximate surface area is 137 Å². The molecule has 0 atom stereocenters. The molecule has 1 N–H and O–H groups in total. The quantitative estimate of drug-likeness (QED) is 0.848. The van der Waals surface area contributed by atoms with Gasteiger partial charge in [0.15, 0.2) is 9.93 Å². The predicted octanol–water partition coefficient (Wildman–Crippen LogP) is 3.64. The van der Waals surface area contributed by atoms with E-state index in [1.165, 1.54) is 24.4 Å². The highest BCUT2D eigenvalue weighted by molar-refractivity contribution is 7.95. The molecule has 0 saturated carbocycles. The fourth-order valence-electron chi connectivity index (χ4n) is 1.57. The van der Waals surface area contributed by atoms with Crippen molar-refractivity contribution in [2.45, 2.75) is 5.03 Å². The van der Waals surface area contributed by atoms with Crippen molar-refractivity contribution in [1.82, 2.24) is 4.98 Å². The van der Waals surface area contributed by atoms with Crippen LogP contribution in [0.15, 0.2) is 58.7 Å². The van der Waals surface area contributed by atoms with E-state index >= 15 is 0 Å². The molecule has 5 nitrogen and oxygen atoms in total. The minimum absolute atomic E-state index is 0.200. The summed E-state index contributed by atoms with van der Waals surface area (Å²) in [6, 6.07) is 10.7. The fraction of sp³-hybridized carbons (Fsp3) is 0. The van der Waals surface area contributed by atoms with Crippen LogP contribution in [0.5, 0.6) is 0 Å². The van der Waals surface area contributed by atoms with Gasteiger partial charge in [0.25, 0.3) is 0 Å². The average molecular weight is 354 g/mol. The number of aromatic nitrogens is 1. The molecular weight excluding hydrogens is 345 g/mol. The second-order valence-corrected chi connectivity index (χ2v) is 6.83. The van der Waals surface area contributed by atoms with E-state index in [0.717, 1.165) is 6.20 Å². The molecule has 0 aliphatic carbocycles.